The molecule has 2 aromatic carbocycles. The van der Waals surface area contributed by atoms with E-state index < -0.39 is 14.1 Å². The molecule has 1 aliphatic rings. The summed E-state index contributed by atoms with van der Waals surface area (Å²) >= 11 is 0. The molecule has 1 heterocycles. The summed E-state index contributed by atoms with van der Waals surface area (Å²) in [6, 6.07) is 21.0. The molecule has 0 radical (unpaired) electrons. The molecule has 0 amide bonds. The SMILES string of the molecule is CC1(C)O[C@H](CO)[C@@H](CO[Si](c2ccccc2)(c2ccccc2)C(C)(C)C)O1. The van der Waals surface area contributed by atoms with Crippen LogP contribution in [0.3, 0.4) is 0 Å². The van der Waals surface area contributed by atoms with Gasteiger partial charge in [-0.05, 0) is 29.3 Å². The van der Waals surface area contributed by atoms with Gasteiger partial charge in [-0.25, -0.2) is 0 Å². The number of rotatable bonds is 6. The molecule has 2 aromatic rings. The van der Waals surface area contributed by atoms with Crippen molar-refractivity contribution in [2.45, 2.75) is 57.7 Å². The minimum atomic E-state index is -2.62. The maximum atomic E-state index is 9.74. The van der Waals surface area contributed by atoms with Crippen molar-refractivity contribution in [1.29, 1.82) is 0 Å². The number of benzene rings is 2. The van der Waals surface area contributed by atoms with Crippen molar-refractivity contribution in [3.8, 4) is 0 Å². The van der Waals surface area contributed by atoms with Gasteiger partial charge in [-0.1, -0.05) is 81.4 Å². The fourth-order valence-electron chi connectivity index (χ4n) is 4.17. The zero-order valence-corrected chi connectivity index (χ0v) is 18.5. The van der Waals surface area contributed by atoms with Crippen molar-refractivity contribution in [1.82, 2.24) is 0 Å². The maximum absolute atomic E-state index is 9.74. The molecule has 28 heavy (non-hydrogen) atoms. The Hall–Kier alpha value is -1.50. The monoisotopic (exact) mass is 400 g/mol. The summed E-state index contributed by atoms with van der Waals surface area (Å²) in [4.78, 5) is 0. The summed E-state index contributed by atoms with van der Waals surface area (Å²) < 4.78 is 18.8. The molecule has 0 saturated carbocycles. The second kappa shape index (κ2) is 8.09. The lowest BCUT2D eigenvalue weighted by atomic mass is 10.2. The molecule has 1 aliphatic heterocycles. The largest absolute Gasteiger partial charge is 0.405 e. The van der Waals surface area contributed by atoms with Gasteiger partial charge in [-0.3, -0.25) is 0 Å². The van der Waals surface area contributed by atoms with Gasteiger partial charge in [0, 0.05) is 0 Å². The predicted molar refractivity (Wildman–Crippen MR) is 114 cm³/mol. The average Bonchev–Trinajstić information content (AvgIpc) is 2.97. The van der Waals surface area contributed by atoms with Gasteiger partial charge in [0.2, 0.25) is 0 Å². The predicted octanol–water partition coefficient (Wildman–Crippen LogP) is 3.08. The summed E-state index contributed by atoms with van der Waals surface area (Å²) in [5.74, 6) is -0.715. The van der Waals surface area contributed by atoms with E-state index in [1.54, 1.807) is 0 Å². The fraction of sp³-hybridized carbons (Fsp3) is 0.478. The van der Waals surface area contributed by atoms with E-state index in [1.165, 1.54) is 10.4 Å². The number of hydrogen-bond acceptors (Lipinski definition) is 4. The molecule has 4 nitrogen and oxygen atoms in total. The van der Waals surface area contributed by atoms with Crippen LogP contribution in [0.2, 0.25) is 5.04 Å². The molecule has 3 rings (SSSR count). The van der Waals surface area contributed by atoms with E-state index in [0.717, 1.165) is 0 Å². The van der Waals surface area contributed by atoms with E-state index in [9.17, 15) is 5.11 Å². The van der Waals surface area contributed by atoms with Crippen LogP contribution >= 0.6 is 0 Å². The number of aliphatic hydroxyl groups is 1. The molecule has 0 unspecified atom stereocenters. The Morgan fingerprint density at radius 3 is 1.79 bits per heavy atom. The average molecular weight is 401 g/mol. The normalized spacial score (nSPS) is 22.4. The van der Waals surface area contributed by atoms with Crippen LogP contribution in [0.4, 0.5) is 0 Å². The van der Waals surface area contributed by atoms with E-state index in [-0.39, 0.29) is 23.9 Å². The highest BCUT2D eigenvalue weighted by atomic mass is 28.4. The topological polar surface area (TPSA) is 47.9 Å². The Morgan fingerprint density at radius 2 is 1.36 bits per heavy atom. The van der Waals surface area contributed by atoms with Gasteiger partial charge in [-0.15, -0.1) is 0 Å². The quantitative estimate of drug-likeness (QED) is 0.757. The highest BCUT2D eigenvalue weighted by Crippen LogP contribution is 2.38. The highest BCUT2D eigenvalue weighted by Gasteiger charge is 2.51. The van der Waals surface area contributed by atoms with Crippen LogP contribution in [0.5, 0.6) is 0 Å². The Balaban J connectivity index is 2.02. The van der Waals surface area contributed by atoms with Crippen molar-refractivity contribution in [3.63, 3.8) is 0 Å². The van der Waals surface area contributed by atoms with Crippen LogP contribution in [0, 0.1) is 0 Å². The van der Waals surface area contributed by atoms with Crippen molar-refractivity contribution in [2.75, 3.05) is 13.2 Å². The second-order valence-electron chi connectivity index (χ2n) is 8.87. The molecule has 0 aromatic heterocycles. The molecular formula is C23H32O4Si. The first kappa shape index (κ1) is 21.2. The lowest BCUT2D eigenvalue weighted by Crippen LogP contribution is -2.67. The smallest absolute Gasteiger partial charge is 0.261 e. The van der Waals surface area contributed by atoms with Gasteiger partial charge in [-0.2, -0.15) is 0 Å². The van der Waals surface area contributed by atoms with E-state index in [1.807, 2.05) is 26.0 Å². The minimum Gasteiger partial charge on any atom is -0.405 e. The summed E-state index contributed by atoms with van der Waals surface area (Å²) in [5, 5.41) is 12.1. The van der Waals surface area contributed by atoms with Gasteiger partial charge < -0.3 is 19.0 Å². The van der Waals surface area contributed by atoms with Gasteiger partial charge in [0.15, 0.2) is 5.79 Å². The van der Waals surface area contributed by atoms with E-state index in [2.05, 4.69) is 69.3 Å². The number of hydrogen-bond donors (Lipinski definition) is 1. The Labute approximate surface area is 169 Å². The van der Waals surface area contributed by atoms with Gasteiger partial charge >= 0.3 is 0 Å². The van der Waals surface area contributed by atoms with Crippen molar-refractivity contribution in [2.24, 2.45) is 0 Å². The zero-order valence-electron chi connectivity index (χ0n) is 17.5. The molecular weight excluding hydrogens is 368 g/mol. The van der Waals surface area contributed by atoms with Crippen LogP contribution < -0.4 is 10.4 Å². The van der Waals surface area contributed by atoms with Crippen LogP contribution in [-0.4, -0.2) is 44.6 Å². The first-order chi connectivity index (χ1) is 13.2. The molecule has 0 bridgehead atoms. The number of aliphatic hydroxyl groups excluding tert-OH is 1. The van der Waals surface area contributed by atoms with Crippen LogP contribution in [0.15, 0.2) is 60.7 Å². The molecule has 1 fully saturated rings. The van der Waals surface area contributed by atoms with E-state index in [4.69, 9.17) is 13.9 Å². The van der Waals surface area contributed by atoms with Gasteiger partial charge in [0.1, 0.15) is 12.2 Å². The zero-order chi connectivity index (χ0) is 20.4. The summed E-state index contributed by atoms with van der Waals surface area (Å²) in [6.45, 7) is 10.8. The molecule has 5 heteroatoms. The molecule has 152 valence electrons. The number of ether oxygens (including phenoxy) is 2. The maximum Gasteiger partial charge on any atom is 0.261 e. The second-order valence-corrected chi connectivity index (χ2v) is 13.2. The lowest BCUT2D eigenvalue weighted by Gasteiger charge is -2.43. The highest BCUT2D eigenvalue weighted by molar-refractivity contribution is 6.99. The van der Waals surface area contributed by atoms with Gasteiger partial charge in [0.05, 0.1) is 13.2 Å². The summed E-state index contributed by atoms with van der Waals surface area (Å²) in [7, 11) is -2.62. The molecule has 1 saturated heterocycles. The van der Waals surface area contributed by atoms with Crippen LogP contribution in [0.25, 0.3) is 0 Å². The van der Waals surface area contributed by atoms with Crippen LogP contribution in [-0.2, 0) is 13.9 Å². The third kappa shape index (κ3) is 4.09. The Kier molecular flexibility index (Phi) is 6.13. The lowest BCUT2D eigenvalue weighted by molar-refractivity contribution is -0.151. The third-order valence-electron chi connectivity index (χ3n) is 5.35. The molecule has 2 atom stereocenters. The van der Waals surface area contributed by atoms with Crippen molar-refractivity contribution in [3.05, 3.63) is 60.7 Å². The fourth-order valence-corrected chi connectivity index (χ4v) is 8.74. The van der Waals surface area contributed by atoms with Crippen molar-refractivity contribution < 1.29 is 19.0 Å². The van der Waals surface area contributed by atoms with Crippen molar-refractivity contribution >= 4 is 18.7 Å². The third-order valence-corrected chi connectivity index (χ3v) is 10.4. The molecule has 1 N–H and O–H groups in total. The Bertz CT molecular complexity index is 716. The summed E-state index contributed by atoms with van der Waals surface area (Å²) in [5.41, 5.74) is 0. The van der Waals surface area contributed by atoms with Crippen LogP contribution in [0.1, 0.15) is 34.6 Å². The van der Waals surface area contributed by atoms with E-state index >= 15 is 0 Å². The first-order valence-corrected chi connectivity index (χ1v) is 11.8. The molecule has 0 aliphatic carbocycles. The minimum absolute atomic E-state index is 0.0851. The summed E-state index contributed by atoms with van der Waals surface area (Å²) in [6.07, 6.45) is -0.685. The van der Waals surface area contributed by atoms with E-state index in [0.29, 0.717) is 6.61 Å². The standard InChI is InChI=1S/C23H32O4Si/c1-22(2,3)28(18-12-8-6-9-13-18,19-14-10-7-11-15-19)25-17-21-20(16-24)26-23(4,5)27-21/h6-15,20-21,24H,16-17H2,1-5H3/t20-,21-/m1/s1. The van der Waals surface area contributed by atoms with Gasteiger partial charge in [0.25, 0.3) is 8.32 Å². The Morgan fingerprint density at radius 1 is 0.893 bits per heavy atom. The first-order valence-electron chi connectivity index (χ1n) is 9.91. The molecule has 0 spiro atoms.